The maximum absolute atomic E-state index is 13.3. The second-order valence-corrected chi connectivity index (χ2v) is 5.64. The average Bonchev–Trinajstić information content (AvgIpc) is 2.89. The van der Waals surface area contributed by atoms with Crippen LogP contribution in [-0.2, 0) is 10.2 Å². The molecule has 0 aliphatic carbocycles. The molecule has 1 aromatic carbocycles. The second-order valence-electron chi connectivity index (χ2n) is 5.64. The second kappa shape index (κ2) is 5.70. The van der Waals surface area contributed by atoms with E-state index in [0.29, 0.717) is 18.2 Å². The Balaban J connectivity index is 1.99. The van der Waals surface area contributed by atoms with Crippen LogP contribution in [0.3, 0.4) is 0 Å². The largest absolute Gasteiger partial charge is 0.354 e. The van der Waals surface area contributed by atoms with Crippen molar-refractivity contribution in [2.45, 2.75) is 38.1 Å². The van der Waals surface area contributed by atoms with Gasteiger partial charge in [0.2, 0.25) is 5.91 Å². The molecule has 1 amide bonds. The molecule has 2 rings (SSSR count). The van der Waals surface area contributed by atoms with Crippen LogP contribution in [0.2, 0.25) is 0 Å². The highest BCUT2D eigenvalue weighted by molar-refractivity contribution is 5.87. The molecule has 0 aromatic heterocycles. The Morgan fingerprint density at radius 2 is 2.32 bits per heavy atom. The molecule has 4 heteroatoms. The number of hydrogen-bond acceptors (Lipinski definition) is 2. The van der Waals surface area contributed by atoms with Gasteiger partial charge < -0.3 is 10.6 Å². The zero-order chi connectivity index (χ0) is 13.9. The first-order valence-corrected chi connectivity index (χ1v) is 6.78. The smallest absolute Gasteiger partial charge is 0.230 e. The van der Waals surface area contributed by atoms with Crippen molar-refractivity contribution >= 4 is 5.91 Å². The van der Waals surface area contributed by atoms with Gasteiger partial charge in [-0.25, -0.2) is 4.39 Å². The quantitative estimate of drug-likeness (QED) is 0.873. The van der Waals surface area contributed by atoms with Crippen molar-refractivity contribution in [1.82, 2.24) is 10.6 Å². The van der Waals surface area contributed by atoms with Crippen molar-refractivity contribution in [2.24, 2.45) is 0 Å². The third-order valence-electron chi connectivity index (χ3n) is 3.79. The molecule has 1 aliphatic rings. The van der Waals surface area contributed by atoms with Crippen molar-refractivity contribution in [2.75, 3.05) is 13.1 Å². The van der Waals surface area contributed by atoms with Gasteiger partial charge in [-0.3, -0.25) is 4.79 Å². The number of carbonyl (C=O) groups is 1. The number of hydrogen-bond donors (Lipinski definition) is 2. The first-order chi connectivity index (χ1) is 9.00. The molecule has 19 heavy (non-hydrogen) atoms. The highest BCUT2D eigenvalue weighted by Gasteiger charge is 2.30. The molecule has 1 unspecified atom stereocenters. The fourth-order valence-electron chi connectivity index (χ4n) is 2.38. The zero-order valence-electron chi connectivity index (χ0n) is 11.5. The van der Waals surface area contributed by atoms with E-state index in [9.17, 15) is 9.18 Å². The van der Waals surface area contributed by atoms with Gasteiger partial charge >= 0.3 is 0 Å². The lowest BCUT2D eigenvalue weighted by atomic mass is 9.83. The SMILES string of the molecule is CC(C)(C(=O)NCC1CCCN1)c1cccc(F)c1. The van der Waals surface area contributed by atoms with E-state index in [1.807, 2.05) is 13.8 Å². The van der Waals surface area contributed by atoms with E-state index in [1.165, 1.54) is 12.1 Å². The van der Waals surface area contributed by atoms with Crippen LogP contribution in [0.1, 0.15) is 32.3 Å². The Kier molecular flexibility index (Phi) is 4.20. The minimum atomic E-state index is -0.722. The van der Waals surface area contributed by atoms with E-state index < -0.39 is 5.41 Å². The lowest BCUT2D eigenvalue weighted by Crippen LogP contribution is -2.45. The number of nitrogens with one attached hydrogen (secondary N) is 2. The van der Waals surface area contributed by atoms with E-state index in [4.69, 9.17) is 0 Å². The number of rotatable bonds is 4. The van der Waals surface area contributed by atoms with E-state index in [2.05, 4.69) is 10.6 Å². The minimum absolute atomic E-state index is 0.0631. The molecule has 0 saturated carbocycles. The molecule has 1 aromatic rings. The van der Waals surface area contributed by atoms with Gasteiger partial charge in [-0.1, -0.05) is 12.1 Å². The van der Waals surface area contributed by atoms with Gasteiger partial charge in [0.15, 0.2) is 0 Å². The monoisotopic (exact) mass is 264 g/mol. The van der Waals surface area contributed by atoms with Crippen LogP contribution in [0, 0.1) is 5.82 Å². The molecule has 3 nitrogen and oxygen atoms in total. The van der Waals surface area contributed by atoms with Crippen molar-refractivity contribution in [3.05, 3.63) is 35.6 Å². The van der Waals surface area contributed by atoms with Crippen molar-refractivity contribution in [1.29, 1.82) is 0 Å². The number of halogens is 1. The van der Waals surface area contributed by atoms with Gasteiger partial charge in [-0.2, -0.15) is 0 Å². The van der Waals surface area contributed by atoms with Crippen LogP contribution in [0.4, 0.5) is 4.39 Å². The molecule has 104 valence electrons. The van der Waals surface area contributed by atoms with Crippen LogP contribution in [0.25, 0.3) is 0 Å². The van der Waals surface area contributed by atoms with Crippen LogP contribution in [0.15, 0.2) is 24.3 Å². The summed E-state index contributed by atoms with van der Waals surface area (Å²) in [5, 5.41) is 6.30. The van der Waals surface area contributed by atoms with Crippen molar-refractivity contribution in [3.63, 3.8) is 0 Å². The lowest BCUT2D eigenvalue weighted by Gasteiger charge is -2.25. The summed E-state index contributed by atoms with van der Waals surface area (Å²) in [6, 6.07) is 6.61. The lowest BCUT2D eigenvalue weighted by molar-refractivity contribution is -0.125. The number of carbonyl (C=O) groups excluding carboxylic acids is 1. The van der Waals surface area contributed by atoms with Gasteiger partial charge in [-0.05, 0) is 50.9 Å². The van der Waals surface area contributed by atoms with Gasteiger partial charge in [0, 0.05) is 12.6 Å². The minimum Gasteiger partial charge on any atom is -0.354 e. The van der Waals surface area contributed by atoms with Crippen molar-refractivity contribution < 1.29 is 9.18 Å². The molecule has 0 radical (unpaired) electrons. The summed E-state index contributed by atoms with van der Waals surface area (Å²) in [5.41, 5.74) is -0.0230. The highest BCUT2D eigenvalue weighted by atomic mass is 19.1. The van der Waals surface area contributed by atoms with E-state index in [1.54, 1.807) is 12.1 Å². The Morgan fingerprint density at radius 1 is 1.53 bits per heavy atom. The first-order valence-electron chi connectivity index (χ1n) is 6.78. The summed E-state index contributed by atoms with van der Waals surface area (Å²) in [6.45, 7) is 5.30. The summed E-state index contributed by atoms with van der Waals surface area (Å²) in [5.74, 6) is -0.373. The molecule has 1 fully saturated rings. The molecule has 1 atom stereocenters. The molecule has 1 saturated heterocycles. The fourth-order valence-corrected chi connectivity index (χ4v) is 2.38. The average molecular weight is 264 g/mol. The topological polar surface area (TPSA) is 41.1 Å². The van der Waals surface area contributed by atoms with Crippen molar-refractivity contribution in [3.8, 4) is 0 Å². The Hall–Kier alpha value is -1.42. The fraction of sp³-hybridized carbons (Fsp3) is 0.533. The Bertz CT molecular complexity index is 453. The van der Waals surface area contributed by atoms with Crippen LogP contribution in [0.5, 0.6) is 0 Å². The van der Waals surface area contributed by atoms with Gasteiger partial charge in [0.25, 0.3) is 0 Å². The standard InChI is InChI=1S/C15H21FN2O/c1-15(2,11-5-3-6-12(16)9-11)14(19)18-10-13-7-4-8-17-13/h3,5-6,9,13,17H,4,7-8,10H2,1-2H3,(H,18,19). The number of amides is 1. The van der Waals surface area contributed by atoms with Crippen LogP contribution >= 0.6 is 0 Å². The third-order valence-corrected chi connectivity index (χ3v) is 3.79. The third kappa shape index (κ3) is 3.32. The predicted molar refractivity (Wildman–Crippen MR) is 73.5 cm³/mol. The Morgan fingerprint density at radius 3 is 2.95 bits per heavy atom. The van der Waals surface area contributed by atoms with Gasteiger partial charge in [0.1, 0.15) is 5.82 Å². The maximum Gasteiger partial charge on any atom is 0.230 e. The summed E-state index contributed by atoms with van der Waals surface area (Å²) >= 11 is 0. The number of benzene rings is 1. The zero-order valence-corrected chi connectivity index (χ0v) is 11.5. The van der Waals surface area contributed by atoms with E-state index in [-0.39, 0.29) is 11.7 Å². The molecule has 2 N–H and O–H groups in total. The molecule has 0 bridgehead atoms. The Labute approximate surface area is 113 Å². The van der Waals surface area contributed by atoms with Crippen LogP contribution < -0.4 is 10.6 Å². The summed E-state index contributed by atoms with van der Waals surface area (Å²) in [7, 11) is 0. The normalized spacial score (nSPS) is 19.4. The molecular formula is C15H21FN2O. The van der Waals surface area contributed by atoms with Crippen LogP contribution in [-0.4, -0.2) is 25.0 Å². The summed E-state index contributed by atoms with van der Waals surface area (Å²) < 4.78 is 13.3. The molecule has 1 heterocycles. The van der Waals surface area contributed by atoms with E-state index >= 15 is 0 Å². The molecule has 1 aliphatic heterocycles. The summed E-state index contributed by atoms with van der Waals surface area (Å²) in [4.78, 5) is 12.3. The molecule has 0 spiro atoms. The van der Waals surface area contributed by atoms with Gasteiger partial charge in [0.05, 0.1) is 5.41 Å². The summed E-state index contributed by atoms with van der Waals surface area (Å²) in [6.07, 6.45) is 2.26. The maximum atomic E-state index is 13.3. The first kappa shape index (κ1) is 14.0. The van der Waals surface area contributed by atoms with E-state index in [0.717, 1.165) is 19.4 Å². The predicted octanol–water partition coefficient (Wildman–Crippen LogP) is 1.97. The highest BCUT2D eigenvalue weighted by Crippen LogP contribution is 2.24. The van der Waals surface area contributed by atoms with Gasteiger partial charge in [-0.15, -0.1) is 0 Å². The molecular weight excluding hydrogens is 243 g/mol.